The summed E-state index contributed by atoms with van der Waals surface area (Å²) in [5, 5.41) is 11.4. The topological polar surface area (TPSA) is 86.1 Å². The fourth-order valence-corrected chi connectivity index (χ4v) is 3.38. The van der Waals surface area contributed by atoms with E-state index in [0.29, 0.717) is 5.56 Å². The molecule has 0 aromatic carbocycles. The molecule has 8 heteroatoms. The van der Waals surface area contributed by atoms with Gasteiger partial charge in [0.1, 0.15) is 6.04 Å². The van der Waals surface area contributed by atoms with Gasteiger partial charge in [0.05, 0.1) is 19.2 Å². The molecule has 1 N–H and O–H groups in total. The van der Waals surface area contributed by atoms with Gasteiger partial charge in [-0.05, 0) is 37.3 Å². The molecule has 3 rings (SSSR count). The second-order valence-corrected chi connectivity index (χ2v) is 6.40. The van der Waals surface area contributed by atoms with Gasteiger partial charge in [0.25, 0.3) is 11.8 Å². The molecule has 1 aromatic rings. The van der Waals surface area contributed by atoms with E-state index >= 15 is 0 Å². The predicted molar refractivity (Wildman–Crippen MR) is 83.9 cm³/mol. The molecule has 1 aliphatic carbocycles. The van der Waals surface area contributed by atoms with Crippen LogP contribution in [0.25, 0.3) is 0 Å². The van der Waals surface area contributed by atoms with Gasteiger partial charge < -0.3 is 10.2 Å². The summed E-state index contributed by atoms with van der Waals surface area (Å²) in [7, 11) is 0. The van der Waals surface area contributed by atoms with Crippen molar-refractivity contribution in [2.45, 2.75) is 44.1 Å². The number of fused-ring (bicyclic) bond motifs is 1. The number of nitrogens with one attached hydrogen (secondary N) is 1. The second kappa shape index (κ2) is 6.75. The van der Waals surface area contributed by atoms with Crippen molar-refractivity contribution in [1.82, 2.24) is 15.2 Å². The van der Waals surface area contributed by atoms with Crippen molar-refractivity contribution in [3.8, 4) is 6.07 Å². The third-order valence-corrected chi connectivity index (χ3v) is 4.62. The van der Waals surface area contributed by atoms with Crippen LogP contribution in [0, 0.1) is 11.3 Å². The molecule has 1 saturated heterocycles. The molecule has 1 unspecified atom stereocenters. The van der Waals surface area contributed by atoms with Crippen molar-refractivity contribution < 1.29 is 18.4 Å². The Morgan fingerprint density at radius 2 is 2.16 bits per heavy atom. The largest absolute Gasteiger partial charge is 0.343 e. The predicted octanol–water partition coefficient (Wildman–Crippen LogP) is 1.45. The van der Waals surface area contributed by atoms with Gasteiger partial charge in [-0.1, -0.05) is 0 Å². The first-order valence-electron chi connectivity index (χ1n) is 8.23. The number of hydrogen-bond acceptors (Lipinski definition) is 4. The smallest absolute Gasteiger partial charge is 0.268 e. The number of rotatable bonds is 3. The Labute approximate surface area is 143 Å². The molecule has 0 spiro atoms. The van der Waals surface area contributed by atoms with E-state index in [9.17, 15) is 18.4 Å². The van der Waals surface area contributed by atoms with Crippen molar-refractivity contribution in [3.05, 3.63) is 29.1 Å². The molecule has 0 saturated carbocycles. The van der Waals surface area contributed by atoms with Crippen LogP contribution in [0.2, 0.25) is 0 Å². The standard InChI is InChI=1S/C17H18F2N4O2/c18-17(19)7-11(8-20)23(10-17)15(24)9-22-16(25)13-5-6-21-14-4-2-1-3-12(13)14/h5-6,11H,1-4,7,9-10H2,(H,22,25). The molecular weight excluding hydrogens is 330 g/mol. The summed E-state index contributed by atoms with van der Waals surface area (Å²) in [6, 6.07) is 2.16. The van der Waals surface area contributed by atoms with Crippen molar-refractivity contribution >= 4 is 11.8 Å². The Bertz CT molecular complexity index is 745. The van der Waals surface area contributed by atoms with Gasteiger partial charge in [-0.2, -0.15) is 5.26 Å². The molecule has 132 valence electrons. The summed E-state index contributed by atoms with van der Waals surface area (Å²) in [5.41, 5.74) is 2.26. The number of carbonyl (C=O) groups is 2. The van der Waals surface area contributed by atoms with Crippen LogP contribution in [0.1, 0.15) is 40.9 Å². The number of halogens is 2. The summed E-state index contributed by atoms with van der Waals surface area (Å²) in [5.74, 6) is -4.17. The van der Waals surface area contributed by atoms with E-state index < -0.39 is 43.3 Å². The molecule has 1 fully saturated rings. The summed E-state index contributed by atoms with van der Waals surface area (Å²) in [6.07, 6.45) is 4.48. The average molecular weight is 348 g/mol. The summed E-state index contributed by atoms with van der Waals surface area (Å²) in [6.45, 7) is -1.20. The molecule has 25 heavy (non-hydrogen) atoms. The number of pyridine rings is 1. The average Bonchev–Trinajstić information content (AvgIpc) is 2.93. The van der Waals surface area contributed by atoms with Crippen LogP contribution in [0.15, 0.2) is 12.3 Å². The summed E-state index contributed by atoms with van der Waals surface area (Å²) >= 11 is 0. The maximum atomic E-state index is 13.4. The SMILES string of the molecule is N#CC1CC(F)(F)CN1C(=O)CNC(=O)c1ccnc2c1CCCC2. The minimum absolute atomic E-state index is 0.413. The van der Waals surface area contributed by atoms with E-state index in [1.165, 1.54) is 0 Å². The van der Waals surface area contributed by atoms with Gasteiger partial charge in [-0.15, -0.1) is 0 Å². The minimum atomic E-state index is -3.07. The van der Waals surface area contributed by atoms with Crippen molar-refractivity contribution in [3.63, 3.8) is 0 Å². The van der Waals surface area contributed by atoms with E-state index in [1.54, 1.807) is 18.3 Å². The fourth-order valence-electron chi connectivity index (χ4n) is 3.38. The quantitative estimate of drug-likeness (QED) is 0.896. The lowest BCUT2D eigenvalue weighted by Crippen LogP contribution is -2.43. The first-order valence-corrected chi connectivity index (χ1v) is 8.23. The summed E-state index contributed by atoms with van der Waals surface area (Å²) < 4.78 is 26.8. The van der Waals surface area contributed by atoms with E-state index in [2.05, 4.69) is 10.3 Å². The molecule has 2 heterocycles. The van der Waals surface area contributed by atoms with Crippen LogP contribution in [-0.2, 0) is 17.6 Å². The number of amides is 2. The van der Waals surface area contributed by atoms with Gasteiger partial charge >= 0.3 is 0 Å². The van der Waals surface area contributed by atoms with Gasteiger partial charge in [-0.3, -0.25) is 14.6 Å². The highest BCUT2D eigenvalue weighted by Crippen LogP contribution is 2.31. The van der Waals surface area contributed by atoms with E-state index in [0.717, 1.165) is 41.8 Å². The monoisotopic (exact) mass is 348 g/mol. The van der Waals surface area contributed by atoms with Crippen LogP contribution in [0.3, 0.4) is 0 Å². The molecule has 1 aromatic heterocycles. The Kier molecular flexibility index (Phi) is 4.66. The molecule has 0 radical (unpaired) electrons. The molecule has 1 atom stereocenters. The minimum Gasteiger partial charge on any atom is -0.343 e. The normalized spacial score (nSPS) is 21.3. The van der Waals surface area contributed by atoms with Gasteiger partial charge in [0.15, 0.2) is 0 Å². The first-order chi connectivity index (χ1) is 11.9. The van der Waals surface area contributed by atoms with Crippen LogP contribution in [-0.4, -0.2) is 46.8 Å². The summed E-state index contributed by atoms with van der Waals surface area (Å²) in [4.78, 5) is 29.7. The fraction of sp³-hybridized carbons (Fsp3) is 0.529. The number of aryl methyl sites for hydroxylation is 1. The highest BCUT2D eigenvalue weighted by Gasteiger charge is 2.47. The maximum absolute atomic E-state index is 13.4. The maximum Gasteiger partial charge on any atom is 0.268 e. The third kappa shape index (κ3) is 3.60. The molecule has 1 aliphatic heterocycles. The number of nitrogens with zero attached hydrogens (tertiary/aromatic N) is 3. The lowest BCUT2D eigenvalue weighted by Gasteiger charge is -2.20. The van der Waals surface area contributed by atoms with Crippen molar-refractivity contribution in [1.29, 1.82) is 5.26 Å². The zero-order chi connectivity index (χ0) is 18.0. The number of carbonyl (C=O) groups excluding carboxylic acids is 2. The molecule has 2 amide bonds. The molecule has 0 bridgehead atoms. The Morgan fingerprint density at radius 1 is 1.40 bits per heavy atom. The first kappa shape index (κ1) is 17.3. The van der Waals surface area contributed by atoms with E-state index in [-0.39, 0.29) is 0 Å². The zero-order valence-corrected chi connectivity index (χ0v) is 13.6. The van der Waals surface area contributed by atoms with Crippen LogP contribution in [0.5, 0.6) is 0 Å². The third-order valence-electron chi connectivity index (χ3n) is 4.62. The van der Waals surface area contributed by atoms with Gasteiger partial charge in [0, 0.05) is 23.9 Å². The van der Waals surface area contributed by atoms with E-state index in [1.807, 2.05) is 0 Å². The highest BCUT2D eigenvalue weighted by molar-refractivity contribution is 5.98. The second-order valence-electron chi connectivity index (χ2n) is 6.40. The zero-order valence-electron chi connectivity index (χ0n) is 13.6. The number of alkyl halides is 2. The van der Waals surface area contributed by atoms with E-state index in [4.69, 9.17) is 5.26 Å². The molecular formula is C17H18F2N4O2. The number of likely N-dealkylation sites (tertiary alicyclic amines) is 1. The Balaban J connectivity index is 1.65. The van der Waals surface area contributed by atoms with Crippen molar-refractivity contribution in [2.24, 2.45) is 0 Å². The van der Waals surface area contributed by atoms with Crippen LogP contribution >= 0.6 is 0 Å². The number of hydrogen-bond donors (Lipinski definition) is 1. The van der Waals surface area contributed by atoms with Gasteiger partial charge in [-0.25, -0.2) is 8.78 Å². The van der Waals surface area contributed by atoms with Crippen LogP contribution < -0.4 is 5.32 Å². The highest BCUT2D eigenvalue weighted by atomic mass is 19.3. The lowest BCUT2D eigenvalue weighted by atomic mass is 9.92. The van der Waals surface area contributed by atoms with Crippen LogP contribution in [0.4, 0.5) is 8.78 Å². The Morgan fingerprint density at radius 3 is 2.92 bits per heavy atom. The van der Waals surface area contributed by atoms with Crippen molar-refractivity contribution in [2.75, 3.05) is 13.1 Å². The Hall–Kier alpha value is -2.56. The lowest BCUT2D eigenvalue weighted by molar-refractivity contribution is -0.131. The molecule has 6 nitrogen and oxygen atoms in total. The van der Waals surface area contributed by atoms with Gasteiger partial charge in [0.2, 0.25) is 5.91 Å². The number of aromatic nitrogens is 1. The number of nitriles is 1. The molecule has 2 aliphatic rings.